The number of ether oxygens (including phenoxy) is 1. The summed E-state index contributed by atoms with van der Waals surface area (Å²) in [4.78, 5) is 16.9. The predicted molar refractivity (Wildman–Crippen MR) is 125 cm³/mol. The highest BCUT2D eigenvalue weighted by Gasteiger charge is 2.28. The average Bonchev–Trinajstić information content (AvgIpc) is 2.76. The highest BCUT2D eigenvalue weighted by atomic mass is 16.5. The first kappa shape index (κ1) is 25.1. The lowest BCUT2D eigenvalue weighted by molar-refractivity contribution is -0.126. The number of nitrogens with zero attached hydrogens (tertiary/aromatic N) is 1. The van der Waals surface area contributed by atoms with Crippen LogP contribution in [0.15, 0.2) is 35.3 Å². The zero-order valence-electron chi connectivity index (χ0n) is 19.4. The minimum absolute atomic E-state index is 0.0370. The maximum atomic E-state index is 12.4. The molecule has 4 unspecified atom stereocenters. The number of aliphatic hydroxyl groups is 1. The molecule has 0 heterocycles. The van der Waals surface area contributed by atoms with Crippen molar-refractivity contribution in [3.05, 3.63) is 35.9 Å². The van der Waals surface area contributed by atoms with E-state index in [-0.39, 0.29) is 43.2 Å². The van der Waals surface area contributed by atoms with Gasteiger partial charge in [0.2, 0.25) is 5.91 Å². The summed E-state index contributed by atoms with van der Waals surface area (Å²) in [7, 11) is 0. The van der Waals surface area contributed by atoms with Crippen LogP contribution in [0.3, 0.4) is 0 Å². The normalized spacial score (nSPS) is 21.4. The van der Waals surface area contributed by atoms with Crippen molar-refractivity contribution in [3.63, 3.8) is 0 Å². The smallest absolute Gasteiger partial charge is 0.223 e. The zero-order chi connectivity index (χ0) is 22.6. The van der Waals surface area contributed by atoms with Gasteiger partial charge >= 0.3 is 0 Å². The molecular formula is C24H40N4O3. The number of rotatable bonds is 10. The van der Waals surface area contributed by atoms with Gasteiger partial charge in [-0.2, -0.15) is 0 Å². The van der Waals surface area contributed by atoms with Crippen molar-refractivity contribution in [2.45, 2.75) is 77.7 Å². The minimum atomic E-state index is -0.683. The zero-order valence-corrected chi connectivity index (χ0v) is 19.4. The first-order valence-corrected chi connectivity index (χ1v) is 11.6. The second kappa shape index (κ2) is 13.3. The summed E-state index contributed by atoms with van der Waals surface area (Å²) in [5.41, 5.74) is 1.08. The van der Waals surface area contributed by atoms with Gasteiger partial charge in [-0.25, -0.2) is 0 Å². The monoisotopic (exact) mass is 432 g/mol. The number of carbonyl (C=O) groups is 1. The van der Waals surface area contributed by atoms with Gasteiger partial charge in [0.15, 0.2) is 5.96 Å². The summed E-state index contributed by atoms with van der Waals surface area (Å²) in [6.07, 6.45) is 2.99. The van der Waals surface area contributed by atoms with Gasteiger partial charge in [0.05, 0.1) is 25.4 Å². The molecule has 1 aromatic carbocycles. The van der Waals surface area contributed by atoms with Gasteiger partial charge in [-0.15, -0.1) is 0 Å². The van der Waals surface area contributed by atoms with E-state index in [1.165, 1.54) is 0 Å². The van der Waals surface area contributed by atoms with Crippen LogP contribution in [0, 0.1) is 5.92 Å². The summed E-state index contributed by atoms with van der Waals surface area (Å²) >= 11 is 0. The van der Waals surface area contributed by atoms with E-state index in [4.69, 9.17) is 4.74 Å². The second-order valence-corrected chi connectivity index (χ2v) is 8.63. The molecule has 4 atom stereocenters. The lowest BCUT2D eigenvalue weighted by Crippen LogP contribution is -2.47. The van der Waals surface area contributed by atoms with Gasteiger partial charge < -0.3 is 25.8 Å². The van der Waals surface area contributed by atoms with Crippen LogP contribution in [0.1, 0.15) is 65.0 Å². The summed E-state index contributed by atoms with van der Waals surface area (Å²) in [5.74, 6) is 0.853. The van der Waals surface area contributed by atoms with Crippen molar-refractivity contribution >= 4 is 11.9 Å². The summed E-state index contributed by atoms with van der Waals surface area (Å²) in [5, 5.41) is 20.0. The maximum absolute atomic E-state index is 12.4. The fourth-order valence-corrected chi connectivity index (χ4v) is 3.80. The Kier molecular flexibility index (Phi) is 10.8. The fraction of sp³-hybridized carbons (Fsp3) is 0.667. The third-order valence-electron chi connectivity index (χ3n) is 5.43. The Hall–Kier alpha value is -2.12. The SMILES string of the molecule is CCNC(=NCC(O)COC(C)c1ccccc1)NC1CCCC(C(=O)NC(C)C)C1. The molecule has 1 saturated carbocycles. The number of hydrogen-bond donors (Lipinski definition) is 4. The van der Waals surface area contributed by atoms with Crippen LogP contribution in [0.2, 0.25) is 0 Å². The number of guanidine groups is 1. The summed E-state index contributed by atoms with van der Waals surface area (Å²) < 4.78 is 5.80. The quantitative estimate of drug-likeness (QED) is 0.337. The van der Waals surface area contributed by atoms with Crippen LogP contribution in [-0.4, -0.2) is 54.9 Å². The molecule has 1 aliphatic rings. The third kappa shape index (κ3) is 9.27. The Morgan fingerprint density at radius 3 is 2.65 bits per heavy atom. The van der Waals surface area contributed by atoms with Gasteiger partial charge in [0, 0.05) is 24.5 Å². The Balaban J connectivity index is 1.82. The van der Waals surface area contributed by atoms with E-state index in [1.54, 1.807) is 0 Å². The standard InChI is InChI=1S/C24H40N4O3/c1-5-25-24(28-21-13-9-12-20(14-21)23(30)27-17(2)3)26-15-22(29)16-31-18(4)19-10-7-6-8-11-19/h6-8,10-11,17-18,20-22,29H,5,9,12-16H2,1-4H3,(H,27,30)(H2,25,26,28). The van der Waals surface area contributed by atoms with Crippen molar-refractivity contribution in [2.24, 2.45) is 10.9 Å². The second-order valence-electron chi connectivity index (χ2n) is 8.63. The summed E-state index contributed by atoms with van der Waals surface area (Å²) in [6, 6.07) is 10.3. The van der Waals surface area contributed by atoms with Crippen LogP contribution in [0.4, 0.5) is 0 Å². The molecule has 1 aromatic rings. The number of benzene rings is 1. The van der Waals surface area contributed by atoms with Crippen molar-refractivity contribution in [2.75, 3.05) is 19.7 Å². The van der Waals surface area contributed by atoms with E-state index in [0.29, 0.717) is 5.96 Å². The van der Waals surface area contributed by atoms with Crippen molar-refractivity contribution in [3.8, 4) is 0 Å². The molecule has 0 saturated heterocycles. The molecule has 31 heavy (non-hydrogen) atoms. The first-order chi connectivity index (χ1) is 14.9. The van der Waals surface area contributed by atoms with E-state index >= 15 is 0 Å². The van der Waals surface area contributed by atoms with Crippen molar-refractivity contribution in [1.29, 1.82) is 0 Å². The van der Waals surface area contributed by atoms with Gasteiger partial charge in [-0.05, 0) is 52.5 Å². The maximum Gasteiger partial charge on any atom is 0.223 e. The number of nitrogens with one attached hydrogen (secondary N) is 3. The highest BCUT2D eigenvalue weighted by molar-refractivity contribution is 5.81. The molecule has 0 aromatic heterocycles. The fourth-order valence-electron chi connectivity index (χ4n) is 3.80. The summed E-state index contributed by atoms with van der Waals surface area (Å²) in [6.45, 7) is 9.17. The number of hydrogen-bond acceptors (Lipinski definition) is 4. The predicted octanol–water partition coefficient (Wildman–Crippen LogP) is 2.76. The van der Waals surface area contributed by atoms with E-state index in [0.717, 1.165) is 37.8 Å². The average molecular weight is 433 g/mol. The van der Waals surface area contributed by atoms with Crippen LogP contribution in [0.25, 0.3) is 0 Å². The molecule has 0 bridgehead atoms. The molecule has 0 radical (unpaired) electrons. The number of amides is 1. The van der Waals surface area contributed by atoms with Gasteiger partial charge in [0.25, 0.3) is 0 Å². The number of aliphatic hydroxyl groups excluding tert-OH is 1. The molecule has 7 heteroatoms. The highest BCUT2D eigenvalue weighted by Crippen LogP contribution is 2.24. The lowest BCUT2D eigenvalue weighted by Gasteiger charge is -2.30. The Morgan fingerprint density at radius 1 is 1.23 bits per heavy atom. The Morgan fingerprint density at radius 2 is 1.97 bits per heavy atom. The molecule has 4 N–H and O–H groups in total. The van der Waals surface area contributed by atoms with Crippen molar-refractivity contribution < 1.29 is 14.6 Å². The van der Waals surface area contributed by atoms with Gasteiger partial charge in [-0.3, -0.25) is 9.79 Å². The molecule has 0 aliphatic heterocycles. The van der Waals surface area contributed by atoms with Crippen LogP contribution in [0.5, 0.6) is 0 Å². The Bertz CT molecular complexity index is 681. The molecule has 1 fully saturated rings. The van der Waals surface area contributed by atoms with Crippen LogP contribution in [-0.2, 0) is 9.53 Å². The van der Waals surface area contributed by atoms with Crippen molar-refractivity contribution in [1.82, 2.24) is 16.0 Å². The molecular weight excluding hydrogens is 392 g/mol. The van der Waals surface area contributed by atoms with Gasteiger partial charge in [0.1, 0.15) is 0 Å². The number of aliphatic imine (C=N–C) groups is 1. The first-order valence-electron chi connectivity index (χ1n) is 11.6. The molecule has 174 valence electrons. The van der Waals surface area contributed by atoms with Crippen LogP contribution < -0.4 is 16.0 Å². The topological polar surface area (TPSA) is 95.0 Å². The lowest BCUT2D eigenvalue weighted by atomic mass is 9.85. The Labute approximate surface area is 187 Å². The molecule has 2 rings (SSSR count). The van der Waals surface area contributed by atoms with E-state index in [1.807, 2.05) is 58.0 Å². The van der Waals surface area contributed by atoms with E-state index in [2.05, 4.69) is 20.9 Å². The van der Waals surface area contributed by atoms with E-state index in [9.17, 15) is 9.90 Å². The van der Waals surface area contributed by atoms with Gasteiger partial charge in [-0.1, -0.05) is 36.8 Å². The molecule has 1 amide bonds. The minimum Gasteiger partial charge on any atom is -0.389 e. The molecule has 0 spiro atoms. The molecule has 7 nitrogen and oxygen atoms in total. The molecule has 1 aliphatic carbocycles. The van der Waals surface area contributed by atoms with E-state index < -0.39 is 6.10 Å². The van der Waals surface area contributed by atoms with Crippen LogP contribution >= 0.6 is 0 Å². The number of carbonyl (C=O) groups excluding carboxylic acids is 1. The third-order valence-corrected chi connectivity index (χ3v) is 5.43. The largest absolute Gasteiger partial charge is 0.389 e.